The Morgan fingerprint density at radius 3 is 1.75 bits per heavy atom. The third-order valence-electron chi connectivity index (χ3n) is 2.81. The van der Waals surface area contributed by atoms with Crippen LogP contribution in [0.2, 0.25) is 0 Å². The second-order valence-corrected chi connectivity index (χ2v) is 4.93. The molecule has 120 valence electrons. The number of carboxylic acids is 1. The monoisotopic (exact) mass is 288 g/mol. The molecule has 0 unspecified atom stereocenters. The molecule has 0 rings (SSSR count). The minimum absolute atomic E-state index is 0.0421. The number of hydrazine groups is 1. The average molecular weight is 288 g/mol. The number of nitrogens with zero attached hydrogens (tertiary/aromatic N) is 1. The molecule has 6 N–H and O–H groups in total. The van der Waals surface area contributed by atoms with Crippen LogP contribution in [-0.2, 0) is 4.79 Å². The highest BCUT2D eigenvalue weighted by Crippen LogP contribution is 2.09. The summed E-state index contributed by atoms with van der Waals surface area (Å²) in [4.78, 5) is 9.00. The van der Waals surface area contributed by atoms with Gasteiger partial charge in [0.15, 0.2) is 0 Å². The first kappa shape index (κ1) is 21.0. The fraction of sp³-hybridized carbons (Fsp3) is 0.857. The summed E-state index contributed by atoms with van der Waals surface area (Å²) in [6.45, 7) is 4.03. The predicted octanol–water partition coefficient (Wildman–Crippen LogP) is 2.68. The zero-order valence-electron chi connectivity index (χ0n) is 13.0. The number of hydrogen-bond donors (Lipinski definition) is 4. The minimum Gasteiger partial charge on any atom is -0.481 e. The molecule has 0 atom stereocenters. The van der Waals surface area contributed by atoms with E-state index in [1.165, 1.54) is 56.4 Å². The van der Waals surface area contributed by atoms with Gasteiger partial charge in [-0.2, -0.15) is 0 Å². The fourth-order valence-electron chi connectivity index (χ4n) is 1.71. The molecule has 0 saturated heterocycles. The second kappa shape index (κ2) is 15.8. The topological polar surface area (TPSA) is 116 Å². The second-order valence-electron chi connectivity index (χ2n) is 4.93. The Balaban J connectivity index is 0. The van der Waals surface area contributed by atoms with Gasteiger partial charge < -0.3 is 10.8 Å². The van der Waals surface area contributed by atoms with Gasteiger partial charge in [-0.05, 0) is 6.42 Å². The van der Waals surface area contributed by atoms with E-state index in [1.54, 1.807) is 0 Å². The molecular formula is C14H32N4O2. The van der Waals surface area contributed by atoms with Crippen LogP contribution in [-0.4, -0.2) is 28.6 Å². The van der Waals surface area contributed by atoms with Crippen LogP contribution in [0, 0.1) is 5.41 Å². The maximum atomic E-state index is 9.00. The molecule has 0 aliphatic rings. The van der Waals surface area contributed by atoms with E-state index < -0.39 is 5.97 Å². The number of rotatable bonds is 10. The molecule has 0 radical (unpaired) electrons. The molecule has 0 aliphatic heterocycles. The Labute approximate surface area is 123 Å². The summed E-state index contributed by atoms with van der Waals surface area (Å²) in [5.41, 5.74) is 5.23. The molecule has 0 heterocycles. The molecule has 0 spiro atoms. The summed E-state index contributed by atoms with van der Waals surface area (Å²) < 4.78 is 0. The lowest BCUT2D eigenvalue weighted by Gasteiger charge is -2.15. The third kappa shape index (κ3) is 21.9. The Hall–Kier alpha value is -1.30. The minimum atomic E-state index is -0.833. The number of unbranched alkanes of at least 4 members (excludes halogenated alkanes) is 8. The fourth-order valence-corrected chi connectivity index (χ4v) is 1.71. The van der Waals surface area contributed by atoms with Crippen molar-refractivity contribution in [3.8, 4) is 0 Å². The van der Waals surface area contributed by atoms with E-state index in [4.69, 9.17) is 26.9 Å². The number of carbonyl (C=O) groups is 1. The van der Waals surface area contributed by atoms with Gasteiger partial charge in [-0.1, -0.05) is 58.3 Å². The van der Waals surface area contributed by atoms with Gasteiger partial charge in [-0.3, -0.25) is 15.2 Å². The number of guanidine groups is 1. The van der Waals surface area contributed by atoms with Gasteiger partial charge in [0.1, 0.15) is 0 Å². The molecule has 0 aliphatic carbocycles. The van der Waals surface area contributed by atoms with Crippen molar-refractivity contribution in [2.45, 2.75) is 71.6 Å². The lowest BCUT2D eigenvalue weighted by Crippen LogP contribution is -2.42. The van der Waals surface area contributed by atoms with Crippen molar-refractivity contribution < 1.29 is 9.90 Å². The van der Waals surface area contributed by atoms with E-state index in [1.807, 2.05) is 0 Å². The molecule has 0 saturated carbocycles. The van der Waals surface area contributed by atoms with Crippen molar-refractivity contribution in [1.82, 2.24) is 5.01 Å². The first-order valence-electron chi connectivity index (χ1n) is 7.47. The zero-order valence-corrected chi connectivity index (χ0v) is 13.0. The summed E-state index contributed by atoms with van der Waals surface area (Å²) in [5.74, 6) is 4.62. The van der Waals surface area contributed by atoms with Crippen LogP contribution in [0.4, 0.5) is 0 Å². The molecule has 20 heavy (non-hydrogen) atoms. The maximum absolute atomic E-state index is 9.00. The van der Waals surface area contributed by atoms with Crippen LogP contribution >= 0.6 is 0 Å². The average Bonchev–Trinajstić information content (AvgIpc) is 2.35. The normalized spacial score (nSPS) is 9.55. The Bertz CT molecular complexity index is 243. The molecule has 0 aromatic heterocycles. The molecular weight excluding hydrogens is 256 g/mol. The standard InChI is InChI=1S/C12H28N4.C2H4O2/c1-2-3-4-5-6-7-8-9-10-11-16(15)12(13)14;1-2(3)4/h2-11,15H2,1H3,(H3,13,14);1H3,(H,3,4). The highest BCUT2D eigenvalue weighted by Gasteiger charge is 1.98. The van der Waals surface area contributed by atoms with Gasteiger partial charge in [0.2, 0.25) is 5.96 Å². The van der Waals surface area contributed by atoms with Crippen molar-refractivity contribution in [1.29, 1.82) is 5.41 Å². The Morgan fingerprint density at radius 2 is 1.40 bits per heavy atom. The van der Waals surface area contributed by atoms with E-state index in [0.29, 0.717) is 6.54 Å². The Kier molecular flexibility index (Phi) is 16.5. The summed E-state index contributed by atoms with van der Waals surface area (Å²) in [5, 5.41) is 15.8. The van der Waals surface area contributed by atoms with Crippen molar-refractivity contribution >= 4 is 11.9 Å². The summed E-state index contributed by atoms with van der Waals surface area (Å²) in [6, 6.07) is 0. The highest BCUT2D eigenvalue weighted by molar-refractivity contribution is 5.73. The summed E-state index contributed by atoms with van der Waals surface area (Å²) in [7, 11) is 0. The maximum Gasteiger partial charge on any atom is 0.300 e. The van der Waals surface area contributed by atoms with Crippen LogP contribution in [0.15, 0.2) is 0 Å². The quantitative estimate of drug-likeness (QED) is 0.162. The van der Waals surface area contributed by atoms with E-state index in [9.17, 15) is 0 Å². The Morgan fingerprint density at radius 1 is 1.05 bits per heavy atom. The van der Waals surface area contributed by atoms with Gasteiger partial charge in [-0.25, -0.2) is 5.84 Å². The van der Waals surface area contributed by atoms with Crippen LogP contribution in [0.3, 0.4) is 0 Å². The third-order valence-corrected chi connectivity index (χ3v) is 2.81. The van der Waals surface area contributed by atoms with Crippen LogP contribution in [0.5, 0.6) is 0 Å². The molecule has 0 amide bonds. The van der Waals surface area contributed by atoms with Gasteiger partial charge >= 0.3 is 0 Å². The largest absolute Gasteiger partial charge is 0.481 e. The predicted molar refractivity (Wildman–Crippen MR) is 83.3 cm³/mol. The van der Waals surface area contributed by atoms with E-state index in [2.05, 4.69) is 6.92 Å². The molecule has 0 aromatic rings. The molecule has 0 bridgehead atoms. The van der Waals surface area contributed by atoms with E-state index >= 15 is 0 Å². The SMILES string of the molecule is CC(=O)O.CCCCCCCCCCCN(N)C(=N)N. The number of nitrogens with one attached hydrogen (secondary N) is 1. The van der Waals surface area contributed by atoms with Crippen LogP contribution < -0.4 is 11.6 Å². The molecule has 0 aromatic carbocycles. The summed E-state index contributed by atoms with van der Waals surface area (Å²) >= 11 is 0. The van der Waals surface area contributed by atoms with Crippen molar-refractivity contribution in [3.63, 3.8) is 0 Å². The van der Waals surface area contributed by atoms with Gasteiger partial charge in [0, 0.05) is 13.5 Å². The number of hydrogen-bond acceptors (Lipinski definition) is 3. The van der Waals surface area contributed by atoms with Gasteiger partial charge in [0.25, 0.3) is 5.97 Å². The first-order valence-corrected chi connectivity index (χ1v) is 7.47. The van der Waals surface area contributed by atoms with Crippen molar-refractivity contribution in [2.75, 3.05) is 6.54 Å². The smallest absolute Gasteiger partial charge is 0.300 e. The van der Waals surface area contributed by atoms with E-state index in [-0.39, 0.29) is 5.96 Å². The number of nitrogens with two attached hydrogens (primary N) is 2. The van der Waals surface area contributed by atoms with Gasteiger partial charge in [-0.15, -0.1) is 0 Å². The lowest BCUT2D eigenvalue weighted by atomic mass is 10.1. The molecule has 6 heteroatoms. The van der Waals surface area contributed by atoms with Crippen molar-refractivity contribution in [3.05, 3.63) is 0 Å². The van der Waals surface area contributed by atoms with Crippen molar-refractivity contribution in [2.24, 2.45) is 11.6 Å². The number of aliphatic carboxylic acids is 1. The highest BCUT2D eigenvalue weighted by atomic mass is 16.4. The van der Waals surface area contributed by atoms with Crippen LogP contribution in [0.1, 0.15) is 71.6 Å². The zero-order chi connectivity index (χ0) is 15.8. The van der Waals surface area contributed by atoms with Gasteiger partial charge in [0.05, 0.1) is 0 Å². The summed E-state index contributed by atoms with van der Waals surface area (Å²) in [6.07, 6.45) is 11.6. The lowest BCUT2D eigenvalue weighted by molar-refractivity contribution is -0.134. The molecule has 0 fully saturated rings. The molecule has 6 nitrogen and oxygen atoms in total. The van der Waals surface area contributed by atoms with Crippen LogP contribution in [0.25, 0.3) is 0 Å². The van der Waals surface area contributed by atoms with E-state index in [0.717, 1.165) is 13.3 Å². The first-order chi connectivity index (χ1) is 9.41. The number of carboxylic acid groups (broad SMARTS) is 1.